The lowest BCUT2D eigenvalue weighted by Gasteiger charge is -2.14. The third kappa shape index (κ3) is 4.02. The van der Waals surface area contributed by atoms with Crippen molar-refractivity contribution in [2.45, 2.75) is 33.0 Å². The predicted molar refractivity (Wildman–Crippen MR) is 77.4 cm³/mol. The molecule has 0 bridgehead atoms. The second kappa shape index (κ2) is 6.81. The van der Waals surface area contributed by atoms with Crippen LogP contribution in [0.1, 0.15) is 29.0 Å². The summed E-state index contributed by atoms with van der Waals surface area (Å²) in [5.74, 6) is 0.186. The highest BCUT2D eigenvalue weighted by Crippen LogP contribution is 2.24. The number of alkyl halides is 2. The number of ether oxygens (including phenoxy) is 1. The number of rotatable bonds is 6. The van der Waals surface area contributed by atoms with Gasteiger partial charge in [0.05, 0.1) is 0 Å². The molecule has 0 fully saturated rings. The first-order valence-electron chi connectivity index (χ1n) is 6.37. The maximum atomic E-state index is 12.0. The summed E-state index contributed by atoms with van der Waals surface area (Å²) >= 11 is 1.74. The Hall–Kier alpha value is -1.46. The molecule has 0 spiro atoms. The zero-order chi connectivity index (χ0) is 14.5. The van der Waals surface area contributed by atoms with Gasteiger partial charge in [-0.15, -0.1) is 11.3 Å². The zero-order valence-electron chi connectivity index (χ0n) is 11.4. The first-order chi connectivity index (χ1) is 9.56. The minimum Gasteiger partial charge on any atom is -0.435 e. The van der Waals surface area contributed by atoms with Gasteiger partial charge in [-0.2, -0.15) is 8.78 Å². The Kier molecular flexibility index (Phi) is 5.09. The Balaban J connectivity index is 1.89. The molecule has 1 heterocycles. The molecule has 1 unspecified atom stereocenters. The van der Waals surface area contributed by atoms with E-state index in [4.69, 9.17) is 0 Å². The summed E-state index contributed by atoms with van der Waals surface area (Å²) in [5.41, 5.74) is 2.32. The molecular formula is C15H17F2NOS. The minimum absolute atomic E-state index is 0.186. The molecule has 2 nitrogen and oxygen atoms in total. The van der Waals surface area contributed by atoms with Crippen LogP contribution >= 0.6 is 11.3 Å². The van der Waals surface area contributed by atoms with Crippen LogP contribution in [-0.2, 0) is 6.54 Å². The van der Waals surface area contributed by atoms with Gasteiger partial charge in [0, 0.05) is 17.5 Å². The second-order valence-electron chi connectivity index (χ2n) is 4.59. The van der Waals surface area contributed by atoms with Gasteiger partial charge in [0.15, 0.2) is 0 Å². The van der Waals surface area contributed by atoms with Crippen molar-refractivity contribution < 1.29 is 13.5 Å². The van der Waals surface area contributed by atoms with Gasteiger partial charge in [-0.25, -0.2) is 0 Å². The molecule has 2 aromatic rings. The summed E-state index contributed by atoms with van der Waals surface area (Å²) in [4.78, 5) is 1.32. The number of hydrogen-bond acceptors (Lipinski definition) is 3. The first kappa shape index (κ1) is 14.9. The van der Waals surface area contributed by atoms with E-state index in [1.165, 1.54) is 10.4 Å². The summed E-state index contributed by atoms with van der Waals surface area (Å²) in [6.07, 6.45) is 0. The average molecular weight is 297 g/mol. The van der Waals surface area contributed by atoms with Crippen molar-refractivity contribution in [1.82, 2.24) is 5.32 Å². The highest BCUT2D eigenvalue weighted by molar-refractivity contribution is 7.10. The quantitative estimate of drug-likeness (QED) is 0.847. The number of benzene rings is 1. The van der Waals surface area contributed by atoms with E-state index in [9.17, 15) is 8.78 Å². The van der Waals surface area contributed by atoms with Crippen molar-refractivity contribution in [3.63, 3.8) is 0 Å². The number of hydrogen-bond donors (Lipinski definition) is 1. The third-order valence-electron chi connectivity index (χ3n) is 3.06. The lowest BCUT2D eigenvalue weighted by atomic mass is 10.1. The SMILES string of the molecule is Cc1ccsc1C(C)NCc1ccc(OC(F)F)cc1. The van der Waals surface area contributed by atoms with Gasteiger partial charge in [0.2, 0.25) is 0 Å². The van der Waals surface area contributed by atoms with Crippen molar-refractivity contribution >= 4 is 11.3 Å². The lowest BCUT2D eigenvalue weighted by molar-refractivity contribution is -0.0498. The summed E-state index contributed by atoms with van der Waals surface area (Å²) < 4.78 is 28.4. The summed E-state index contributed by atoms with van der Waals surface area (Å²) in [6, 6.07) is 9.08. The fraction of sp³-hybridized carbons (Fsp3) is 0.333. The highest BCUT2D eigenvalue weighted by atomic mass is 32.1. The Morgan fingerprint density at radius 2 is 1.90 bits per heavy atom. The molecule has 2 rings (SSSR count). The second-order valence-corrected chi connectivity index (χ2v) is 5.54. The molecule has 0 aliphatic rings. The van der Waals surface area contributed by atoms with E-state index >= 15 is 0 Å². The van der Waals surface area contributed by atoms with Crippen LogP contribution < -0.4 is 10.1 Å². The van der Waals surface area contributed by atoms with Crippen molar-refractivity contribution in [1.29, 1.82) is 0 Å². The monoisotopic (exact) mass is 297 g/mol. The van der Waals surface area contributed by atoms with Crippen LogP contribution in [0.4, 0.5) is 8.78 Å². The molecule has 20 heavy (non-hydrogen) atoms. The fourth-order valence-electron chi connectivity index (χ4n) is 1.98. The van der Waals surface area contributed by atoms with Crippen LogP contribution in [0.25, 0.3) is 0 Å². The van der Waals surface area contributed by atoms with Crippen LogP contribution in [0.2, 0.25) is 0 Å². The smallest absolute Gasteiger partial charge is 0.387 e. The topological polar surface area (TPSA) is 21.3 Å². The average Bonchev–Trinajstić information content (AvgIpc) is 2.83. The van der Waals surface area contributed by atoms with Gasteiger partial charge in [-0.05, 0) is 48.6 Å². The standard InChI is InChI=1S/C15H17F2NOS/c1-10-7-8-20-14(10)11(2)18-9-12-3-5-13(6-4-12)19-15(16)17/h3-8,11,15,18H,9H2,1-2H3. The lowest BCUT2D eigenvalue weighted by Crippen LogP contribution is -2.17. The van der Waals surface area contributed by atoms with E-state index < -0.39 is 6.61 Å². The Morgan fingerprint density at radius 1 is 1.20 bits per heavy atom. The first-order valence-corrected chi connectivity index (χ1v) is 7.25. The minimum atomic E-state index is -2.78. The molecular weight excluding hydrogens is 280 g/mol. The largest absolute Gasteiger partial charge is 0.435 e. The molecule has 0 amide bonds. The van der Waals surface area contributed by atoms with Crippen molar-refractivity contribution in [2.24, 2.45) is 0 Å². The van der Waals surface area contributed by atoms with Gasteiger partial charge in [0.25, 0.3) is 0 Å². The summed E-state index contributed by atoms with van der Waals surface area (Å²) in [6.45, 7) is 2.13. The maximum absolute atomic E-state index is 12.0. The molecule has 1 atom stereocenters. The van der Waals surface area contributed by atoms with Crippen LogP contribution in [0.15, 0.2) is 35.7 Å². The molecule has 1 aromatic carbocycles. The molecule has 1 aromatic heterocycles. The third-order valence-corrected chi connectivity index (χ3v) is 4.26. The van der Waals surface area contributed by atoms with Gasteiger partial charge in [0.1, 0.15) is 5.75 Å². The maximum Gasteiger partial charge on any atom is 0.387 e. The molecule has 0 saturated heterocycles. The summed E-state index contributed by atoms with van der Waals surface area (Å²) in [7, 11) is 0. The van der Waals surface area contributed by atoms with Crippen molar-refractivity contribution in [2.75, 3.05) is 0 Å². The van der Waals surface area contributed by atoms with E-state index in [2.05, 4.69) is 35.3 Å². The number of aryl methyl sites for hydroxylation is 1. The normalized spacial score (nSPS) is 12.7. The molecule has 0 aliphatic heterocycles. The van der Waals surface area contributed by atoms with Crippen molar-refractivity contribution in [3.8, 4) is 5.75 Å². The molecule has 108 valence electrons. The highest BCUT2D eigenvalue weighted by Gasteiger charge is 2.09. The number of halogens is 2. The van der Waals surface area contributed by atoms with Gasteiger partial charge >= 0.3 is 6.61 Å². The molecule has 5 heteroatoms. The Morgan fingerprint density at radius 3 is 2.45 bits per heavy atom. The molecule has 1 N–H and O–H groups in total. The van der Waals surface area contributed by atoms with E-state index in [0.717, 1.165) is 5.56 Å². The Labute approximate surface area is 121 Å². The van der Waals surface area contributed by atoms with Crippen LogP contribution in [0, 0.1) is 6.92 Å². The molecule has 0 saturated carbocycles. The fourth-order valence-corrected chi connectivity index (χ4v) is 2.94. The van der Waals surface area contributed by atoms with Crippen LogP contribution in [0.3, 0.4) is 0 Å². The van der Waals surface area contributed by atoms with Crippen molar-refractivity contribution in [3.05, 3.63) is 51.7 Å². The van der Waals surface area contributed by atoms with Gasteiger partial charge < -0.3 is 10.1 Å². The molecule has 0 aliphatic carbocycles. The van der Waals surface area contributed by atoms with Gasteiger partial charge in [-0.1, -0.05) is 12.1 Å². The van der Waals surface area contributed by atoms with Crippen LogP contribution in [-0.4, -0.2) is 6.61 Å². The number of thiophene rings is 1. The van der Waals surface area contributed by atoms with E-state index in [-0.39, 0.29) is 11.8 Å². The van der Waals surface area contributed by atoms with E-state index in [1.54, 1.807) is 35.6 Å². The zero-order valence-corrected chi connectivity index (χ0v) is 12.2. The van der Waals surface area contributed by atoms with Gasteiger partial charge in [-0.3, -0.25) is 0 Å². The Bertz CT molecular complexity index is 539. The van der Waals surface area contributed by atoms with E-state index in [1.807, 2.05) is 0 Å². The van der Waals surface area contributed by atoms with E-state index in [0.29, 0.717) is 6.54 Å². The molecule has 0 radical (unpaired) electrons. The predicted octanol–water partition coefficient (Wildman–Crippen LogP) is 4.51. The number of nitrogens with one attached hydrogen (secondary N) is 1. The van der Waals surface area contributed by atoms with Crippen LogP contribution in [0.5, 0.6) is 5.75 Å². The summed E-state index contributed by atoms with van der Waals surface area (Å²) in [5, 5.41) is 5.51.